The molecule has 4 rings (SSSR count). The van der Waals surface area contributed by atoms with Crippen LogP contribution in [0.15, 0.2) is 78.5 Å². The number of carbonyl (C=O) groups is 2. The van der Waals surface area contributed by atoms with E-state index >= 15 is 0 Å². The number of aryl methyl sites for hydroxylation is 1. The molecule has 0 saturated heterocycles. The Hall–Kier alpha value is -3.57. The molecule has 0 aromatic heterocycles. The highest BCUT2D eigenvalue weighted by atomic mass is 35.5. The monoisotopic (exact) mass is 459 g/mol. The molecular weight excluding hydrogens is 434 g/mol. The Labute approximate surface area is 199 Å². The number of benzene rings is 3. The van der Waals surface area contributed by atoms with Crippen LogP contribution in [0.4, 0.5) is 17.1 Å². The average Bonchev–Trinajstić information content (AvgIpc) is 3.06. The van der Waals surface area contributed by atoms with Crippen molar-refractivity contribution in [1.82, 2.24) is 0 Å². The van der Waals surface area contributed by atoms with Crippen LogP contribution in [-0.2, 0) is 9.59 Å². The Kier molecular flexibility index (Phi) is 6.52. The van der Waals surface area contributed by atoms with Gasteiger partial charge >= 0.3 is 0 Å². The zero-order valence-corrected chi connectivity index (χ0v) is 19.7. The van der Waals surface area contributed by atoms with E-state index in [0.29, 0.717) is 21.8 Å². The first kappa shape index (κ1) is 22.6. The van der Waals surface area contributed by atoms with Crippen molar-refractivity contribution in [2.24, 2.45) is 0 Å². The molecule has 0 bridgehead atoms. The molecule has 33 heavy (non-hydrogen) atoms. The number of carbonyl (C=O) groups excluding carboxylic acids is 2. The summed E-state index contributed by atoms with van der Waals surface area (Å²) >= 11 is 6.06. The quantitative estimate of drug-likeness (QED) is 0.447. The number of hydrogen-bond donors (Lipinski definition) is 1. The maximum atomic E-state index is 13.5. The van der Waals surface area contributed by atoms with E-state index in [2.05, 4.69) is 24.1 Å². The second-order valence-electron chi connectivity index (χ2n) is 7.83. The topological polar surface area (TPSA) is 52.7 Å². The van der Waals surface area contributed by atoms with Gasteiger partial charge < -0.3 is 10.2 Å². The fourth-order valence-corrected chi connectivity index (χ4v) is 4.18. The summed E-state index contributed by atoms with van der Waals surface area (Å²) in [6.45, 7) is 7.93. The second kappa shape index (κ2) is 9.51. The molecule has 0 atom stereocenters. The summed E-state index contributed by atoms with van der Waals surface area (Å²) in [5, 5.41) is 3.79. The highest BCUT2D eigenvalue weighted by Gasteiger charge is 2.40. The lowest BCUT2D eigenvalue weighted by Crippen LogP contribution is -2.33. The van der Waals surface area contributed by atoms with Gasteiger partial charge in [0.2, 0.25) is 0 Å². The zero-order valence-electron chi connectivity index (χ0n) is 18.9. The molecule has 1 N–H and O–H groups in total. The molecule has 3 aromatic carbocycles. The molecule has 0 aliphatic carbocycles. The first-order valence-corrected chi connectivity index (χ1v) is 11.4. The van der Waals surface area contributed by atoms with Gasteiger partial charge in [0.25, 0.3) is 11.8 Å². The van der Waals surface area contributed by atoms with Gasteiger partial charge in [-0.15, -0.1) is 0 Å². The first-order chi connectivity index (χ1) is 15.9. The van der Waals surface area contributed by atoms with Gasteiger partial charge in [0.1, 0.15) is 5.70 Å². The molecule has 1 aliphatic rings. The van der Waals surface area contributed by atoms with Gasteiger partial charge in [0.05, 0.1) is 11.3 Å². The molecule has 168 valence electrons. The molecule has 1 aliphatic heterocycles. The molecule has 0 radical (unpaired) electrons. The summed E-state index contributed by atoms with van der Waals surface area (Å²) in [6, 6.07) is 22.2. The van der Waals surface area contributed by atoms with Crippen LogP contribution >= 0.6 is 11.6 Å². The lowest BCUT2D eigenvalue weighted by Gasteiger charge is -2.21. The van der Waals surface area contributed by atoms with Crippen molar-refractivity contribution in [2.75, 3.05) is 28.2 Å². The largest absolute Gasteiger partial charge is 0.372 e. The molecular formula is C27H26ClN3O2. The molecule has 0 spiro atoms. The number of hydrogen-bond acceptors (Lipinski definition) is 4. The Bertz CT molecular complexity index is 1210. The Morgan fingerprint density at radius 3 is 2.09 bits per heavy atom. The summed E-state index contributed by atoms with van der Waals surface area (Å²) in [6.07, 6.45) is 0. The summed E-state index contributed by atoms with van der Waals surface area (Å²) in [5.74, 6) is -0.744. The number of halogens is 1. The molecule has 0 fully saturated rings. The fraction of sp³-hybridized carbons (Fsp3) is 0.185. The van der Waals surface area contributed by atoms with Crippen LogP contribution in [0.3, 0.4) is 0 Å². The van der Waals surface area contributed by atoms with Gasteiger partial charge in [0, 0.05) is 29.5 Å². The van der Waals surface area contributed by atoms with Gasteiger partial charge in [-0.3, -0.25) is 9.59 Å². The van der Waals surface area contributed by atoms with E-state index in [1.54, 1.807) is 30.3 Å². The van der Waals surface area contributed by atoms with Crippen molar-refractivity contribution < 1.29 is 9.59 Å². The highest BCUT2D eigenvalue weighted by molar-refractivity contribution is 6.46. The number of nitrogens with zero attached hydrogens (tertiary/aromatic N) is 2. The van der Waals surface area contributed by atoms with Gasteiger partial charge in [-0.25, -0.2) is 4.90 Å². The van der Waals surface area contributed by atoms with Crippen LogP contribution < -0.4 is 15.1 Å². The fourth-order valence-electron chi connectivity index (χ4n) is 4.05. The second-order valence-corrected chi connectivity index (χ2v) is 8.27. The third kappa shape index (κ3) is 4.37. The molecule has 0 unspecified atom stereocenters. The van der Waals surface area contributed by atoms with Gasteiger partial charge in [-0.2, -0.15) is 0 Å². The maximum Gasteiger partial charge on any atom is 0.282 e. The molecule has 6 heteroatoms. The van der Waals surface area contributed by atoms with E-state index in [9.17, 15) is 9.59 Å². The number of para-hydroxylation sites is 1. The van der Waals surface area contributed by atoms with E-state index in [4.69, 9.17) is 11.6 Å². The molecule has 5 nitrogen and oxygen atoms in total. The highest BCUT2D eigenvalue weighted by Crippen LogP contribution is 2.35. The van der Waals surface area contributed by atoms with Gasteiger partial charge in [-0.05, 0) is 74.4 Å². The summed E-state index contributed by atoms with van der Waals surface area (Å²) in [4.78, 5) is 30.6. The predicted octanol–water partition coefficient (Wildman–Crippen LogP) is 5.89. The maximum absolute atomic E-state index is 13.5. The van der Waals surface area contributed by atoms with Crippen LogP contribution in [-0.4, -0.2) is 24.9 Å². The van der Waals surface area contributed by atoms with Crippen LogP contribution in [0.5, 0.6) is 0 Å². The van der Waals surface area contributed by atoms with Crippen molar-refractivity contribution in [3.8, 4) is 0 Å². The van der Waals surface area contributed by atoms with Crippen LogP contribution in [0.25, 0.3) is 5.57 Å². The zero-order chi connectivity index (χ0) is 23.5. The average molecular weight is 460 g/mol. The SMILES string of the molecule is CCN(CC)c1ccc(NC2=C(c3ccc(Cl)cc3)C(=O)N(c3ccccc3C)C2=O)cc1. The molecule has 0 saturated carbocycles. The minimum absolute atomic E-state index is 0.251. The number of nitrogens with one attached hydrogen (secondary N) is 1. The number of rotatable bonds is 7. The number of amides is 2. The molecule has 3 aromatic rings. The first-order valence-electron chi connectivity index (χ1n) is 11.0. The van der Waals surface area contributed by atoms with Crippen LogP contribution in [0.1, 0.15) is 25.0 Å². The Balaban J connectivity index is 1.75. The number of imide groups is 1. The lowest BCUT2D eigenvalue weighted by molar-refractivity contribution is -0.120. The number of anilines is 3. The summed E-state index contributed by atoms with van der Waals surface area (Å²) in [7, 11) is 0. The van der Waals surface area contributed by atoms with Crippen molar-refractivity contribution >= 4 is 46.1 Å². The minimum atomic E-state index is -0.382. The molecule has 2 amide bonds. The van der Waals surface area contributed by atoms with Crippen LogP contribution in [0, 0.1) is 6.92 Å². The van der Waals surface area contributed by atoms with E-state index in [0.717, 1.165) is 30.0 Å². The Morgan fingerprint density at radius 1 is 0.848 bits per heavy atom. The summed E-state index contributed by atoms with van der Waals surface area (Å²) in [5.41, 5.74) is 4.48. The van der Waals surface area contributed by atoms with Crippen LogP contribution in [0.2, 0.25) is 5.02 Å². The lowest BCUT2D eigenvalue weighted by atomic mass is 10.0. The van der Waals surface area contributed by atoms with E-state index in [-0.39, 0.29) is 17.5 Å². The van der Waals surface area contributed by atoms with E-state index in [1.807, 2.05) is 49.4 Å². The minimum Gasteiger partial charge on any atom is -0.372 e. The predicted molar refractivity (Wildman–Crippen MR) is 136 cm³/mol. The van der Waals surface area contributed by atoms with E-state index in [1.165, 1.54) is 4.90 Å². The summed E-state index contributed by atoms with van der Waals surface area (Å²) < 4.78 is 0. The van der Waals surface area contributed by atoms with Gasteiger partial charge in [0.15, 0.2) is 0 Å². The Morgan fingerprint density at radius 2 is 1.48 bits per heavy atom. The van der Waals surface area contributed by atoms with E-state index < -0.39 is 0 Å². The molecule has 1 heterocycles. The van der Waals surface area contributed by atoms with Crippen molar-refractivity contribution in [3.63, 3.8) is 0 Å². The van der Waals surface area contributed by atoms with Crippen molar-refractivity contribution in [1.29, 1.82) is 0 Å². The van der Waals surface area contributed by atoms with Crippen molar-refractivity contribution in [2.45, 2.75) is 20.8 Å². The van der Waals surface area contributed by atoms with Crippen molar-refractivity contribution in [3.05, 3.63) is 94.6 Å². The normalized spacial score (nSPS) is 13.6. The van der Waals surface area contributed by atoms with Gasteiger partial charge in [-0.1, -0.05) is 41.9 Å². The third-order valence-corrected chi connectivity index (χ3v) is 6.09. The third-order valence-electron chi connectivity index (χ3n) is 5.84. The smallest absolute Gasteiger partial charge is 0.282 e. The standard InChI is InChI=1S/C27H26ClN3O2/c1-4-30(5-2)22-16-14-21(15-17-22)29-25-24(19-10-12-20(28)13-11-19)26(32)31(27(25)33)23-9-7-6-8-18(23)3/h6-17,29H,4-5H2,1-3H3.